The van der Waals surface area contributed by atoms with Gasteiger partial charge in [-0.3, -0.25) is 4.57 Å². The van der Waals surface area contributed by atoms with Gasteiger partial charge in [-0.25, -0.2) is 4.79 Å². The number of hydrogen-bond acceptors (Lipinski definition) is 3. The summed E-state index contributed by atoms with van der Waals surface area (Å²) in [5, 5.41) is 5.39. The van der Waals surface area contributed by atoms with Crippen LogP contribution < -0.4 is 11.0 Å². The van der Waals surface area contributed by atoms with E-state index in [2.05, 4.69) is 32.7 Å². The van der Waals surface area contributed by atoms with Gasteiger partial charge in [-0.05, 0) is 22.0 Å². The highest BCUT2D eigenvalue weighted by Gasteiger charge is 2.00. The van der Waals surface area contributed by atoms with Crippen molar-refractivity contribution >= 4 is 27.3 Å². The Kier molecular flexibility index (Phi) is 4.20. The Hall–Kier alpha value is -0.850. The minimum atomic E-state index is 0.0330. The number of aryl methyl sites for hydroxylation is 1. The molecule has 0 saturated carbocycles. The Bertz CT molecular complexity index is 543. The molecule has 0 aromatic carbocycles. The van der Waals surface area contributed by atoms with Gasteiger partial charge in [0.25, 0.3) is 0 Å². The van der Waals surface area contributed by atoms with Crippen molar-refractivity contribution in [2.45, 2.75) is 13.1 Å². The predicted octanol–water partition coefficient (Wildman–Crippen LogP) is 1.80. The second-order valence-electron chi connectivity index (χ2n) is 3.79. The van der Waals surface area contributed by atoms with E-state index in [-0.39, 0.29) is 5.69 Å². The molecule has 0 fully saturated rings. The molecule has 0 saturated heterocycles. The van der Waals surface area contributed by atoms with E-state index < -0.39 is 0 Å². The normalized spacial score (nSPS) is 10.9. The van der Waals surface area contributed by atoms with Crippen molar-refractivity contribution in [3.63, 3.8) is 0 Å². The summed E-state index contributed by atoms with van der Waals surface area (Å²) in [6.07, 6.45) is 3.59. The number of rotatable bonds is 5. The fourth-order valence-electron chi connectivity index (χ4n) is 1.54. The SMILES string of the molecule is Cn1ccn(CCNCc2cc(Br)cs2)c1=O. The number of nitrogens with zero attached hydrogens (tertiary/aromatic N) is 2. The van der Waals surface area contributed by atoms with Crippen molar-refractivity contribution in [3.05, 3.63) is 43.7 Å². The number of thiophene rings is 1. The van der Waals surface area contributed by atoms with Gasteiger partial charge in [0.15, 0.2) is 0 Å². The molecule has 0 aliphatic heterocycles. The van der Waals surface area contributed by atoms with Crippen LogP contribution in [0, 0.1) is 0 Å². The van der Waals surface area contributed by atoms with Crippen molar-refractivity contribution in [2.24, 2.45) is 7.05 Å². The second kappa shape index (κ2) is 5.66. The highest BCUT2D eigenvalue weighted by atomic mass is 79.9. The highest BCUT2D eigenvalue weighted by Crippen LogP contribution is 2.19. The lowest BCUT2D eigenvalue weighted by molar-refractivity contribution is 0.580. The van der Waals surface area contributed by atoms with Crippen molar-refractivity contribution < 1.29 is 0 Å². The molecule has 2 aromatic rings. The molecular formula is C11H14BrN3OS. The first-order valence-electron chi connectivity index (χ1n) is 5.32. The van der Waals surface area contributed by atoms with E-state index in [0.717, 1.165) is 17.6 Å². The molecule has 0 aliphatic carbocycles. The van der Waals surface area contributed by atoms with Gasteiger partial charge >= 0.3 is 5.69 Å². The first-order chi connectivity index (χ1) is 8.16. The Morgan fingerprint density at radius 2 is 2.29 bits per heavy atom. The van der Waals surface area contributed by atoms with Gasteiger partial charge in [-0.2, -0.15) is 0 Å². The van der Waals surface area contributed by atoms with Crippen LogP contribution in [-0.4, -0.2) is 15.7 Å². The van der Waals surface area contributed by atoms with Crippen molar-refractivity contribution in [1.29, 1.82) is 0 Å². The summed E-state index contributed by atoms with van der Waals surface area (Å²) in [4.78, 5) is 12.8. The molecule has 0 radical (unpaired) electrons. The molecule has 92 valence electrons. The van der Waals surface area contributed by atoms with Crippen molar-refractivity contribution in [1.82, 2.24) is 14.5 Å². The standard InChI is InChI=1S/C11H14BrN3OS/c1-14-4-5-15(11(14)16)3-2-13-7-10-6-9(12)8-17-10/h4-6,8,13H,2-3,7H2,1H3. The van der Waals surface area contributed by atoms with Crippen LogP contribution in [0.15, 0.2) is 33.1 Å². The molecule has 0 amide bonds. The zero-order chi connectivity index (χ0) is 12.3. The van der Waals surface area contributed by atoms with E-state index in [0.29, 0.717) is 6.54 Å². The smallest absolute Gasteiger partial charge is 0.310 e. The maximum atomic E-state index is 11.5. The lowest BCUT2D eigenvalue weighted by atomic mass is 10.4. The fraction of sp³-hybridized carbons (Fsp3) is 0.364. The molecule has 2 heterocycles. The number of halogens is 1. The Morgan fingerprint density at radius 1 is 1.47 bits per heavy atom. The third-order valence-corrected chi connectivity index (χ3v) is 4.17. The predicted molar refractivity (Wildman–Crippen MR) is 73.4 cm³/mol. The second-order valence-corrected chi connectivity index (χ2v) is 5.70. The topological polar surface area (TPSA) is 39.0 Å². The number of imidazole rings is 1. The Morgan fingerprint density at radius 3 is 2.88 bits per heavy atom. The van der Waals surface area contributed by atoms with Crippen LogP contribution in [0.4, 0.5) is 0 Å². The van der Waals surface area contributed by atoms with E-state index in [9.17, 15) is 4.79 Å². The van der Waals surface area contributed by atoms with Gasteiger partial charge in [0.2, 0.25) is 0 Å². The fourth-order valence-corrected chi connectivity index (χ4v) is 2.96. The molecule has 17 heavy (non-hydrogen) atoms. The molecule has 4 nitrogen and oxygen atoms in total. The summed E-state index contributed by atoms with van der Waals surface area (Å²) in [6.45, 7) is 2.34. The maximum absolute atomic E-state index is 11.5. The molecule has 0 atom stereocenters. The van der Waals surface area contributed by atoms with Gasteiger partial charge < -0.3 is 9.88 Å². The molecule has 0 bridgehead atoms. The average Bonchev–Trinajstić information content (AvgIpc) is 2.84. The summed E-state index contributed by atoms with van der Waals surface area (Å²) >= 11 is 5.15. The molecule has 0 unspecified atom stereocenters. The maximum Gasteiger partial charge on any atom is 0.327 e. The zero-order valence-corrected chi connectivity index (χ0v) is 11.9. The van der Waals surface area contributed by atoms with Gasteiger partial charge in [0.1, 0.15) is 0 Å². The summed E-state index contributed by atoms with van der Waals surface area (Å²) in [5.74, 6) is 0. The average molecular weight is 316 g/mol. The van der Waals surface area contributed by atoms with Crippen molar-refractivity contribution in [2.75, 3.05) is 6.54 Å². The summed E-state index contributed by atoms with van der Waals surface area (Å²) < 4.78 is 4.41. The Labute approximate surface area is 112 Å². The number of nitrogens with one attached hydrogen (secondary N) is 1. The molecule has 0 aliphatic rings. The van der Waals surface area contributed by atoms with Gasteiger partial charge in [0, 0.05) is 53.8 Å². The zero-order valence-electron chi connectivity index (χ0n) is 9.52. The van der Waals surface area contributed by atoms with Gasteiger partial charge in [-0.1, -0.05) is 0 Å². The first-order valence-corrected chi connectivity index (χ1v) is 6.99. The lowest BCUT2D eigenvalue weighted by Gasteiger charge is -2.03. The van der Waals surface area contributed by atoms with Crippen LogP contribution in [0.2, 0.25) is 0 Å². The lowest BCUT2D eigenvalue weighted by Crippen LogP contribution is -2.27. The van der Waals surface area contributed by atoms with E-state index in [1.165, 1.54) is 4.88 Å². The molecule has 2 aromatic heterocycles. The van der Waals surface area contributed by atoms with E-state index in [1.54, 1.807) is 33.7 Å². The van der Waals surface area contributed by atoms with Crippen LogP contribution in [0.5, 0.6) is 0 Å². The van der Waals surface area contributed by atoms with Gasteiger partial charge in [-0.15, -0.1) is 11.3 Å². The summed E-state index contributed by atoms with van der Waals surface area (Å²) in [5.41, 5.74) is 0.0330. The Balaban J connectivity index is 1.77. The first kappa shape index (κ1) is 12.6. The molecule has 0 spiro atoms. The van der Waals surface area contributed by atoms with Crippen LogP contribution in [-0.2, 0) is 20.1 Å². The van der Waals surface area contributed by atoms with Crippen molar-refractivity contribution in [3.8, 4) is 0 Å². The molecule has 2 rings (SSSR count). The van der Waals surface area contributed by atoms with E-state index in [4.69, 9.17) is 0 Å². The highest BCUT2D eigenvalue weighted by molar-refractivity contribution is 9.10. The largest absolute Gasteiger partial charge is 0.327 e. The number of hydrogen-bond donors (Lipinski definition) is 1. The van der Waals surface area contributed by atoms with Gasteiger partial charge in [0.05, 0.1) is 0 Å². The van der Waals surface area contributed by atoms with Crippen LogP contribution >= 0.6 is 27.3 Å². The van der Waals surface area contributed by atoms with E-state index in [1.807, 2.05) is 6.20 Å². The third kappa shape index (κ3) is 3.31. The van der Waals surface area contributed by atoms with Crippen LogP contribution in [0.3, 0.4) is 0 Å². The molecular weight excluding hydrogens is 302 g/mol. The monoisotopic (exact) mass is 315 g/mol. The van der Waals surface area contributed by atoms with Crippen LogP contribution in [0.25, 0.3) is 0 Å². The molecule has 6 heteroatoms. The van der Waals surface area contributed by atoms with E-state index >= 15 is 0 Å². The number of aromatic nitrogens is 2. The summed E-state index contributed by atoms with van der Waals surface area (Å²) in [7, 11) is 1.76. The van der Waals surface area contributed by atoms with Crippen LogP contribution in [0.1, 0.15) is 4.88 Å². The minimum Gasteiger partial charge on any atom is -0.310 e. The minimum absolute atomic E-state index is 0.0330. The third-order valence-electron chi connectivity index (χ3n) is 2.47. The molecule has 1 N–H and O–H groups in total. The quantitative estimate of drug-likeness (QED) is 0.855. The summed E-state index contributed by atoms with van der Waals surface area (Å²) in [6, 6.07) is 2.10.